The SMILES string of the molecule is COCC(CO)NC(=O)/C=C/c1cccc(C#N)c1. The molecular weight excluding hydrogens is 244 g/mol. The molecule has 0 saturated carbocycles. The summed E-state index contributed by atoms with van der Waals surface area (Å²) in [6, 6.07) is 8.52. The molecule has 2 N–H and O–H groups in total. The van der Waals surface area contributed by atoms with Gasteiger partial charge in [-0.2, -0.15) is 5.26 Å². The number of methoxy groups -OCH3 is 1. The van der Waals surface area contributed by atoms with Crippen molar-refractivity contribution in [2.45, 2.75) is 6.04 Å². The van der Waals surface area contributed by atoms with Gasteiger partial charge < -0.3 is 15.2 Å². The fourth-order valence-electron chi connectivity index (χ4n) is 1.47. The first-order valence-electron chi connectivity index (χ1n) is 5.78. The monoisotopic (exact) mass is 260 g/mol. The fraction of sp³-hybridized carbons (Fsp3) is 0.286. The number of aliphatic hydroxyl groups excluding tert-OH is 1. The predicted molar refractivity (Wildman–Crippen MR) is 71.1 cm³/mol. The maximum atomic E-state index is 11.6. The van der Waals surface area contributed by atoms with Crippen molar-refractivity contribution in [1.29, 1.82) is 5.26 Å². The molecule has 1 aromatic carbocycles. The number of aliphatic hydroxyl groups is 1. The first-order chi connectivity index (χ1) is 9.19. The molecule has 0 aromatic heterocycles. The number of amides is 1. The lowest BCUT2D eigenvalue weighted by Gasteiger charge is -2.13. The summed E-state index contributed by atoms with van der Waals surface area (Å²) in [5.41, 5.74) is 1.30. The predicted octanol–water partition coefficient (Wildman–Crippen LogP) is 0.695. The summed E-state index contributed by atoms with van der Waals surface area (Å²) in [5, 5.41) is 20.4. The molecule has 0 fully saturated rings. The van der Waals surface area contributed by atoms with E-state index in [1.165, 1.54) is 13.2 Å². The summed E-state index contributed by atoms with van der Waals surface area (Å²) in [6.45, 7) is 0.0668. The lowest BCUT2D eigenvalue weighted by Crippen LogP contribution is -2.39. The average Bonchev–Trinajstić information content (AvgIpc) is 2.45. The molecule has 1 atom stereocenters. The second kappa shape index (κ2) is 8.03. The van der Waals surface area contributed by atoms with Gasteiger partial charge in [0.15, 0.2) is 0 Å². The van der Waals surface area contributed by atoms with Gasteiger partial charge in [-0.05, 0) is 23.8 Å². The molecule has 1 rings (SSSR count). The van der Waals surface area contributed by atoms with Crippen LogP contribution in [0.25, 0.3) is 6.08 Å². The standard InChI is InChI=1S/C14H16N2O3/c1-19-10-13(9-17)16-14(18)6-5-11-3-2-4-12(7-11)8-15/h2-7,13,17H,9-10H2,1H3,(H,16,18)/b6-5+. The van der Waals surface area contributed by atoms with Gasteiger partial charge in [0.2, 0.25) is 5.91 Å². The summed E-state index contributed by atoms with van der Waals surface area (Å²) >= 11 is 0. The van der Waals surface area contributed by atoms with Crippen LogP contribution in [0, 0.1) is 11.3 Å². The van der Waals surface area contributed by atoms with Gasteiger partial charge in [-0.25, -0.2) is 0 Å². The summed E-state index contributed by atoms with van der Waals surface area (Å²) in [5.74, 6) is -0.321. The number of benzene rings is 1. The zero-order chi connectivity index (χ0) is 14.1. The number of ether oxygens (including phenoxy) is 1. The van der Waals surface area contributed by atoms with E-state index in [4.69, 9.17) is 15.1 Å². The van der Waals surface area contributed by atoms with Crippen LogP contribution in [0.15, 0.2) is 30.3 Å². The molecule has 1 amide bonds. The Bertz CT molecular complexity index is 492. The second-order valence-corrected chi connectivity index (χ2v) is 3.91. The highest BCUT2D eigenvalue weighted by Gasteiger charge is 2.08. The number of nitrogens with one attached hydrogen (secondary N) is 1. The van der Waals surface area contributed by atoms with E-state index in [1.54, 1.807) is 30.3 Å². The number of hydrogen-bond acceptors (Lipinski definition) is 4. The molecule has 0 aliphatic rings. The van der Waals surface area contributed by atoms with Gasteiger partial charge in [0, 0.05) is 13.2 Å². The van der Waals surface area contributed by atoms with Crippen LogP contribution in [0.3, 0.4) is 0 Å². The largest absolute Gasteiger partial charge is 0.394 e. The smallest absolute Gasteiger partial charge is 0.244 e. The molecule has 0 saturated heterocycles. The van der Waals surface area contributed by atoms with Crippen molar-refractivity contribution in [2.75, 3.05) is 20.3 Å². The molecule has 5 nitrogen and oxygen atoms in total. The highest BCUT2D eigenvalue weighted by atomic mass is 16.5. The van der Waals surface area contributed by atoms with Crippen molar-refractivity contribution >= 4 is 12.0 Å². The molecule has 100 valence electrons. The maximum absolute atomic E-state index is 11.6. The van der Waals surface area contributed by atoms with Crippen molar-refractivity contribution in [3.05, 3.63) is 41.5 Å². The first kappa shape index (κ1) is 14.9. The van der Waals surface area contributed by atoms with Crippen molar-refractivity contribution in [1.82, 2.24) is 5.32 Å². The van der Waals surface area contributed by atoms with Crippen molar-refractivity contribution in [3.8, 4) is 6.07 Å². The Morgan fingerprint density at radius 2 is 2.42 bits per heavy atom. The fourth-order valence-corrected chi connectivity index (χ4v) is 1.47. The molecule has 0 heterocycles. The van der Waals surface area contributed by atoms with Gasteiger partial charge in [0.1, 0.15) is 0 Å². The van der Waals surface area contributed by atoms with E-state index in [9.17, 15) is 4.79 Å². The zero-order valence-electron chi connectivity index (χ0n) is 10.7. The summed E-state index contributed by atoms with van der Waals surface area (Å²) < 4.78 is 4.85. The highest BCUT2D eigenvalue weighted by molar-refractivity contribution is 5.91. The van der Waals surface area contributed by atoms with Gasteiger partial charge in [0.25, 0.3) is 0 Å². The molecule has 0 bridgehead atoms. The van der Waals surface area contributed by atoms with Crippen LogP contribution in [0.5, 0.6) is 0 Å². The third kappa shape index (κ3) is 5.34. The van der Waals surface area contributed by atoms with Crippen molar-refractivity contribution < 1.29 is 14.6 Å². The molecular formula is C14H16N2O3. The van der Waals surface area contributed by atoms with E-state index in [0.29, 0.717) is 5.56 Å². The molecule has 0 aliphatic carbocycles. The van der Waals surface area contributed by atoms with E-state index in [1.807, 2.05) is 6.07 Å². The third-order valence-corrected chi connectivity index (χ3v) is 2.38. The Morgan fingerprint density at radius 3 is 3.05 bits per heavy atom. The number of hydrogen-bond donors (Lipinski definition) is 2. The Hall–Kier alpha value is -2.16. The summed E-state index contributed by atoms with van der Waals surface area (Å²) in [7, 11) is 1.50. The second-order valence-electron chi connectivity index (χ2n) is 3.91. The quantitative estimate of drug-likeness (QED) is 0.737. The average molecular weight is 260 g/mol. The van der Waals surface area contributed by atoms with E-state index in [0.717, 1.165) is 5.56 Å². The van der Waals surface area contributed by atoms with E-state index >= 15 is 0 Å². The minimum atomic E-state index is -0.424. The normalized spacial score (nSPS) is 12.1. The lowest BCUT2D eigenvalue weighted by molar-refractivity contribution is -0.117. The molecule has 1 unspecified atom stereocenters. The van der Waals surface area contributed by atoms with Gasteiger partial charge in [-0.3, -0.25) is 4.79 Å². The number of nitrogens with zero attached hydrogens (tertiary/aromatic N) is 1. The van der Waals surface area contributed by atoms with Gasteiger partial charge in [-0.15, -0.1) is 0 Å². The molecule has 0 radical (unpaired) electrons. The van der Waals surface area contributed by atoms with E-state index in [-0.39, 0.29) is 19.1 Å². The van der Waals surface area contributed by atoms with Crippen LogP contribution in [-0.4, -0.2) is 37.4 Å². The van der Waals surface area contributed by atoms with E-state index in [2.05, 4.69) is 5.32 Å². The Morgan fingerprint density at radius 1 is 1.63 bits per heavy atom. The Kier molecular flexibility index (Phi) is 6.30. The molecule has 0 aliphatic heterocycles. The lowest BCUT2D eigenvalue weighted by atomic mass is 10.1. The molecule has 19 heavy (non-hydrogen) atoms. The van der Waals surface area contributed by atoms with Crippen LogP contribution in [0.1, 0.15) is 11.1 Å². The highest BCUT2D eigenvalue weighted by Crippen LogP contribution is 2.05. The van der Waals surface area contributed by atoms with Crippen LogP contribution in [-0.2, 0) is 9.53 Å². The third-order valence-electron chi connectivity index (χ3n) is 2.38. The minimum Gasteiger partial charge on any atom is -0.394 e. The first-order valence-corrected chi connectivity index (χ1v) is 5.78. The van der Waals surface area contributed by atoms with Crippen molar-refractivity contribution in [2.24, 2.45) is 0 Å². The number of carbonyl (C=O) groups excluding carboxylic acids is 1. The van der Waals surface area contributed by atoms with Crippen molar-refractivity contribution in [3.63, 3.8) is 0 Å². The van der Waals surface area contributed by atoms with Gasteiger partial charge in [0.05, 0.1) is 30.9 Å². The zero-order valence-corrected chi connectivity index (χ0v) is 10.7. The van der Waals surface area contributed by atoms with Crippen LogP contribution >= 0.6 is 0 Å². The minimum absolute atomic E-state index is 0.183. The molecule has 1 aromatic rings. The summed E-state index contributed by atoms with van der Waals surface area (Å²) in [6.07, 6.45) is 2.96. The molecule has 5 heteroatoms. The van der Waals surface area contributed by atoms with Crippen LogP contribution in [0.2, 0.25) is 0 Å². The van der Waals surface area contributed by atoms with E-state index < -0.39 is 6.04 Å². The Balaban J connectivity index is 2.60. The summed E-state index contributed by atoms with van der Waals surface area (Å²) in [4.78, 5) is 11.6. The Labute approximate surface area is 112 Å². The topological polar surface area (TPSA) is 82.3 Å². The molecule has 0 spiro atoms. The van der Waals surface area contributed by atoms with Crippen LogP contribution in [0.4, 0.5) is 0 Å². The van der Waals surface area contributed by atoms with Gasteiger partial charge in [-0.1, -0.05) is 12.1 Å². The number of nitriles is 1. The number of rotatable bonds is 6. The van der Waals surface area contributed by atoms with Crippen LogP contribution < -0.4 is 5.32 Å². The maximum Gasteiger partial charge on any atom is 0.244 e. The number of carbonyl (C=O) groups is 1. The van der Waals surface area contributed by atoms with Gasteiger partial charge >= 0.3 is 0 Å².